The second-order valence-electron chi connectivity index (χ2n) is 4.04. The van der Waals surface area contributed by atoms with Crippen molar-refractivity contribution in [3.63, 3.8) is 0 Å². The van der Waals surface area contributed by atoms with E-state index >= 15 is 0 Å². The Labute approximate surface area is 132 Å². The maximum atomic E-state index is 11.6. The highest BCUT2D eigenvalue weighted by molar-refractivity contribution is 6.09. The summed E-state index contributed by atoms with van der Waals surface area (Å²) in [5.74, 6) is 0.817. The van der Waals surface area contributed by atoms with Gasteiger partial charge in [-0.15, -0.1) is 0 Å². The van der Waals surface area contributed by atoms with E-state index in [1.807, 2.05) is 13.8 Å². The molecule has 0 fully saturated rings. The number of hydrogen-bond acceptors (Lipinski definition) is 5. The van der Waals surface area contributed by atoms with Gasteiger partial charge in [0.15, 0.2) is 0 Å². The fraction of sp³-hybridized carbons (Fsp3) is 0.412. The van der Waals surface area contributed by atoms with Gasteiger partial charge in [-0.25, -0.2) is 0 Å². The van der Waals surface area contributed by atoms with Crippen LogP contribution in [0.25, 0.3) is 0 Å². The van der Waals surface area contributed by atoms with Gasteiger partial charge < -0.3 is 14.3 Å². The Kier molecular flexibility index (Phi) is 10.2. The molecule has 122 valence electrons. The summed E-state index contributed by atoms with van der Waals surface area (Å²) in [6, 6.07) is 7.19. The molecular weight excluding hydrogens is 282 g/mol. The van der Waals surface area contributed by atoms with Gasteiger partial charge in [0.05, 0.1) is 25.8 Å². The third-order valence-electron chi connectivity index (χ3n) is 2.35. The summed E-state index contributed by atoms with van der Waals surface area (Å²) in [5, 5.41) is 3.95. The number of carbonyl (C=O) groups excluding carboxylic acids is 1. The number of benzene rings is 1. The predicted octanol–water partition coefficient (Wildman–Crippen LogP) is 3.93. The van der Waals surface area contributed by atoms with Gasteiger partial charge in [-0.2, -0.15) is 0 Å². The summed E-state index contributed by atoms with van der Waals surface area (Å²) >= 11 is 0. The van der Waals surface area contributed by atoms with Crippen LogP contribution in [0.4, 0.5) is 0 Å². The second kappa shape index (κ2) is 11.4. The predicted molar refractivity (Wildman–Crippen MR) is 88.0 cm³/mol. The van der Waals surface area contributed by atoms with Crippen molar-refractivity contribution in [3.8, 4) is 5.75 Å². The zero-order valence-electron chi connectivity index (χ0n) is 14.0. The third kappa shape index (κ3) is 7.47. The Balaban J connectivity index is 0.00000211. The summed E-state index contributed by atoms with van der Waals surface area (Å²) in [5.41, 5.74) is 1.24. The third-order valence-corrected chi connectivity index (χ3v) is 2.35. The molecule has 0 saturated heterocycles. The first kappa shape index (κ1) is 19.7. The van der Waals surface area contributed by atoms with Crippen molar-refractivity contribution in [1.29, 1.82) is 0 Å². The lowest BCUT2D eigenvalue weighted by Gasteiger charge is -2.07. The molecule has 1 aromatic rings. The summed E-state index contributed by atoms with van der Waals surface area (Å²) in [6.07, 6.45) is 0.0352. The van der Waals surface area contributed by atoms with Gasteiger partial charge in [-0.1, -0.05) is 25.6 Å². The molecular formula is C17H25NO4. The number of methoxy groups -OCH3 is 1. The SMILES string of the molecule is C=C(C)O/N=C(\CC(=O)OCC)c1ccc(OC)cc1.CC. The molecule has 0 atom stereocenters. The van der Waals surface area contributed by atoms with Gasteiger partial charge in [0.1, 0.15) is 11.5 Å². The fourth-order valence-electron chi connectivity index (χ4n) is 1.45. The Morgan fingerprint density at radius 2 is 1.82 bits per heavy atom. The van der Waals surface area contributed by atoms with Crippen molar-refractivity contribution in [2.45, 2.75) is 34.1 Å². The number of hydrogen-bond donors (Lipinski definition) is 0. The Morgan fingerprint density at radius 1 is 1.23 bits per heavy atom. The maximum Gasteiger partial charge on any atom is 0.312 e. The fourth-order valence-corrected chi connectivity index (χ4v) is 1.45. The zero-order chi connectivity index (χ0) is 17.0. The van der Waals surface area contributed by atoms with Crippen molar-refractivity contribution in [3.05, 3.63) is 42.2 Å². The van der Waals surface area contributed by atoms with Gasteiger partial charge in [0.2, 0.25) is 0 Å². The van der Waals surface area contributed by atoms with Crippen LogP contribution in [0.3, 0.4) is 0 Å². The lowest BCUT2D eigenvalue weighted by Crippen LogP contribution is -2.12. The largest absolute Gasteiger partial charge is 0.497 e. The van der Waals surface area contributed by atoms with E-state index in [4.69, 9.17) is 14.3 Å². The van der Waals surface area contributed by atoms with Gasteiger partial charge in [0, 0.05) is 5.56 Å². The first-order valence-electron chi connectivity index (χ1n) is 7.26. The highest BCUT2D eigenvalue weighted by Gasteiger charge is 2.12. The van der Waals surface area contributed by atoms with Crippen LogP contribution in [-0.4, -0.2) is 25.4 Å². The molecule has 0 unspecified atom stereocenters. The minimum atomic E-state index is -0.354. The van der Waals surface area contributed by atoms with E-state index in [9.17, 15) is 4.79 Å². The molecule has 0 radical (unpaired) electrons. The molecule has 0 amide bonds. The van der Waals surface area contributed by atoms with E-state index in [-0.39, 0.29) is 12.4 Å². The van der Waals surface area contributed by atoms with Crippen LogP contribution in [0, 0.1) is 0 Å². The number of ether oxygens (including phenoxy) is 2. The van der Waals surface area contributed by atoms with Crippen LogP contribution >= 0.6 is 0 Å². The van der Waals surface area contributed by atoms with Crippen LogP contribution in [0.5, 0.6) is 5.75 Å². The summed E-state index contributed by atoms with van der Waals surface area (Å²) < 4.78 is 10.0. The lowest BCUT2D eigenvalue weighted by atomic mass is 10.1. The van der Waals surface area contributed by atoms with Crippen molar-refractivity contribution >= 4 is 11.7 Å². The number of oxime groups is 1. The number of allylic oxidation sites excluding steroid dienone is 1. The number of esters is 1. The highest BCUT2D eigenvalue weighted by atomic mass is 16.6. The second-order valence-corrected chi connectivity index (χ2v) is 4.04. The van der Waals surface area contributed by atoms with Crippen LogP contribution in [-0.2, 0) is 14.4 Å². The van der Waals surface area contributed by atoms with Crippen LogP contribution in [0.2, 0.25) is 0 Å². The molecule has 5 heteroatoms. The first-order chi connectivity index (χ1) is 10.6. The maximum absolute atomic E-state index is 11.6. The molecule has 0 aromatic heterocycles. The van der Waals surface area contributed by atoms with Crippen LogP contribution in [0.15, 0.2) is 41.8 Å². The Hall–Kier alpha value is -2.30. The average molecular weight is 307 g/mol. The summed E-state index contributed by atoms with van der Waals surface area (Å²) in [4.78, 5) is 16.6. The number of carbonyl (C=O) groups is 1. The molecule has 0 aliphatic carbocycles. The van der Waals surface area contributed by atoms with E-state index in [0.717, 1.165) is 11.3 Å². The monoisotopic (exact) mass is 307 g/mol. The van der Waals surface area contributed by atoms with E-state index in [1.54, 1.807) is 45.2 Å². The molecule has 0 N–H and O–H groups in total. The van der Waals surface area contributed by atoms with Crippen molar-refractivity contribution in [1.82, 2.24) is 0 Å². The minimum Gasteiger partial charge on any atom is -0.497 e. The minimum absolute atomic E-state index is 0.0352. The topological polar surface area (TPSA) is 57.1 Å². The lowest BCUT2D eigenvalue weighted by molar-refractivity contribution is -0.141. The molecule has 0 bridgehead atoms. The number of nitrogens with zero attached hydrogens (tertiary/aromatic N) is 1. The molecule has 0 spiro atoms. The molecule has 0 aliphatic rings. The van der Waals surface area contributed by atoms with Gasteiger partial charge >= 0.3 is 5.97 Å². The molecule has 1 rings (SSSR count). The van der Waals surface area contributed by atoms with E-state index in [0.29, 0.717) is 18.1 Å². The number of rotatable bonds is 7. The van der Waals surface area contributed by atoms with E-state index < -0.39 is 0 Å². The van der Waals surface area contributed by atoms with Gasteiger partial charge in [-0.05, 0) is 38.1 Å². The molecule has 0 saturated carbocycles. The van der Waals surface area contributed by atoms with Crippen molar-refractivity contribution in [2.75, 3.05) is 13.7 Å². The molecule has 22 heavy (non-hydrogen) atoms. The van der Waals surface area contributed by atoms with E-state index in [1.165, 1.54) is 0 Å². The standard InChI is InChI=1S/C15H19NO4.C2H6/c1-5-19-15(17)10-14(16-20-11(2)3)12-6-8-13(18-4)9-7-12;1-2/h6-9H,2,5,10H2,1,3-4H3;1-2H3/b16-14+;. The Bertz CT molecular complexity index is 492. The van der Waals surface area contributed by atoms with Crippen LogP contribution in [0.1, 0.15) is 39.7 Å². The molecule has 0 aliphatic heterocycles. The molecule has 5 nitrogen and oxygen atoms in total. The van der Waals surface area contributed by atoms with E-state index in [2.05, 4.69) is 11.7 Å². The summed E-state index contributed by atoms with van der Waals surface area (Å²) in [6.45, 7) is 11.4. The quantitative estimate of drug-likeness (QED) is 0.331. The molecule has 0 heterocycles. The van der Waals surface area contributed by atoms with Gasteiger partial charge in [0.25, 0.3) is 0 Å². The Morgan fingerprint density at radius 3 is 2.27 bits per heavy atom. The first-order valence-corrected chi connectivity index (χ1v) is 7.26. The van der Waals surface area contributed by atoms with Crippen molar-refractivity contribution < 1.29 is 19.1 Å². The average Bonchev–Trinajstić information content (AvgIpc) is 2.53. The normalized spacial score (nSPS) is 10.1. The van der Waals surface area contributed by atoms with Crippen molar-refractivity contribution in [2.24, 2.45) is 5.16 Å². The molecule has 1 aromatic carbocycles. The smallest absolute Gasteiger partial charge is 0.312 e. The summed E-state index contributed by atoms with van der Waals surface area (Å²) in [7, 11) is 1.59. The van der Waals surface area contributed by atoms with Crippen LogP contribution < -0.4 is 4.74 Å². The zero-order valence-corrected chi connectivity index (χ0v) is 14.0. The van der Waals surface area contributed by atoms with Gasteiger partial charge in [-0.3, -0.25) is 4.79 Å². The highest BCUT2D eigenvalue weighted by Crippen LogP contribution is 2.14.